The number of aliphatic imine (C=N–C) groups is 1. The summed E-state index contributed by atoms with van der Waals surface area (Å²) in [5.74, 6) is 0.823. The number of rotatable bonds is 5. The fourth-order valence-corrected chi connectivity index (χ4v) is 2.42. The van der Waals surface area contributed by atoms with Crippen molar-refractivity contribution in [3.05, 3.63) is 52.0 Å². The van der Waals surface area contributed by atoms with Gasteiger partial charge in [0.1, 0.15) is 0 Å². The average molecular weight is 288 g/mol. The Labute approximate surface area is 124 Å². The van der Waals surface area contributed by atoms with Crippen LogP contribution in [0.1, 0.15) is 23.2 Å². The SMILES string of the molecule is CCNC(=NCc1cccc(C)n1)NCc1cccs1. The number of aryl methyl sites for hydroxylation is 1. The molecule has 0 saturated carbocycles. The maximum absolute atomic E-state index is 4.56. The van der Waals surface area contributed by atoms with Crippen LogP contribution in [-0.2, 0) is 13.1 Å². The largest absolute Gasteiger partial charge is 0.357 e. The summed E-state index contributed by atoms with van der Waals surface area (Å²) in [6, 6.07) is 10.2. The lowest BCUT2D eigenvalue weighted by atomic mass is 10.3. The predicted octanol–water partition coefficient (Wildman–Crippen LogP) is 2.71. The van der Waals surface area contributed by atoms with Crippen molar-refractivity contribution >= 4 is 17.3 Å². The van der Waals surface area contributed by atoms with E-state index in [1.54, 1.807) is 11.3 Å². The molecule has 0 aliphatic rings. The molecule has 5 heteroatoms. The van der Waals surface area contributed by atoms with E-state index < -0.39 is 0 Å². The van der Waals surface area contributed by atoms with Crippen LogP contribution in [0, 0.1) is 6.92 Å². The summed E-state index contributed by atoms with van der Waals surface area (Å²) in [7, 11) is 0. The van der Waals surface area contributed by atoms with Crippen molar-refractivity contribution in [2.45, 2.75) is 26.9 Å². The van der Waals surface area contributed by atoms with E-state index in [4.69, 9.17) is 0 Å². The van der Waals surface area contributed by atoms with Crippen molar-refractivity contribution in [3.63, 3.8) is 0 Å². The highest BCUT2D eigenvalue weighted by Gasteiger charge is 1.99. The van der Waals surface area contributed by atoms with Crippen LogP contribution < -0.4 is 10.6 Å². The highest BCUT2D eigenvalue weighted by molar-refractivity contribution is 7.09. The molecule has 0 aliphatic heterocycles. The highest BCUT2D eigenvalue weighted by Crippen LogP contribution is 2.07. The molecular weight excluding hydrogens is 268 g/mol. The van der Waals surface area contributed by atoms with E-state index >= 15 is 0 Å². The molecule has 0 amide bonds. The Kier molecular flexibility index (Phi) is 5.55. The first kappa shape index (κ1) is 14.5. The molecule has 106 valence electrons. The molecule has 20 heavy (non-hydrogen) atoms. The van der Waals surface area contributed by atoms with E-state index in [0.29, 0.717) is 6.54 Å². The Morgan fingerprint density at radius 3 is 2.85 bits per heavy atom. The van der Waals surface area contributed by atoms with Gasteiger partial charge >= 0.3 is 0 Å². The van der Waals surface area contributed by atoms with E-state index in [0.717, 1.165) is 30.4 Å². The van der Waals surface area contributed by atoms with E-state index in [2.05, 4.69) is 45.0 Å². The Balaban J connectivity index is 1.94. The van der Waals surface area contributed by atoms with Crippen molar-refractivity contribution in [2.24, 2.45) is 4.99 Å². The molecule has 0 bridgehead atoms. The molecule has 0 aromatic carbocycles. The fourth-order valence-electron chi connectivity index (χ4n) is 1.77. The summed E-state index contributed by atoms with van der Waals surface area (Å²) < 4.78 is 0. The van der Waals surface area contributed by atoms with Crippen LogP contribution >= 0.6 is 11.3 Å². The maximum Gasteiger partial charge on any atom is 0.191 e. The summed E-state index contributed by atoms with van der Waals surface area (Å²) in [5.41, 5.74) is 2.01. The lowest BCUT2D eigenvalue weighted by Gasteiger charge is -2.10. The predicted molar refractivity (Wildman–Crippen MR) is 84.9 cm³/mol. The quantitative estimate of drug-likeness (QED) is 0.657. The first-order valence-electron chi connectivity index (χ1n) is 6.75. The van der Waals surface area contributed by atoms with Gasteiger partial charge in [-0.05, 0) is 37.4 Å². The minimum absolute atomic E-state index is 0.585. The maximum atomic E-state index is 4.56. The van der Waals surface area contributed by atoms with Crippen LogP contribution in [0.15, 0.2) is 40.7 Å². The van der Waals surface area contributed by atoms with E-state index in [1.165, 1.54) is 4.88 Å². The number of nitrogens with one attached hydrogen (secondary N) is 2. The van der Waals surface area contributed by atoms with Crippen LogP contribution in [0.3, 0.4) is 0 Å². The average Bonchev–Trinajstić information content (AvgIpc) is 2.95. The van der Waals surface area contributed by atoms with Gasteiger partial charge in [-0.3, -0.25) is 4.98 Å². The second-order valence-electron chi connectivity index (χ2n) is 4.40. The summed E-state index contributed by atoms with van der Waals surface area (Å²) in [6.45, 7) is 6.28. The van der Waals surface area contributed by atoms with Gasteiger partial charge in [-0.1, -0.05) is 12.1 Å². The van der Waals surface area contributed by atoms with Gasteiger partial charge in [0.25, 0.3) is 0 Å². The molecule has 0 spiro atoms. The number of thiophene rings is 1. The number of hydrogen-bond donors (Lipinski definition) is 2. The van der Waals surface area contributed by atoms with Gasteiger partial charge in [0, 0.05) is 17.1 Å². The summed E-state index contributed by atoms with van der Waals surface area (Å²) in [6.07, 6.45) is 0. The molecule has 0 radical (unpaired) electrons. The zero-order valence-electron chi connectivity index (χ0n) is 11.9. The molecule has 2 heterocycles. The minimum Gasteiger partial charge on any atom is -0.357 e. The third-order valence-corrected chi connectivity index (χ3v) is 3.58. The van der Waals surface area contributed by atoms with Crippen LogP contribution in [0.25, 0.3) is 0 Å². The molecule has 0 atom stereocenters. The van der Waals surface area contributed by atoms with Gasteiger partial charge < -0.3 is 10.6 Å². The Morgan fingerprint density at radius 2 is 2.15 bits per heavy atom. The number of aromatic nitrogens is 1. The van der Waals surface area contributed by atoms with Crippen molar-refractivity contribution in [1.29, 1.82) is 0 Å². The monoisotopic (exact) mass is 288 g/mol. The van der Waals surface area contributed by atoms with E-state index in [-0.39, 0.29) is 0 Å². The molecular formula is C15H20N4S. The number of guanidine groups is 1. The zero-order valence-corrected chi connectivity index (χ0v) is 12.7. The Hall–Kier alpha value is -1.88. The number of hydrogen-bond acceptors (Lipinski definition) is 3. The van der Waals surface area contributed by atoms with Gasteiger partial charge in [-0.25, -0.2) is 4.99 Å². The van der Waals surface area contributed by atoms with Gasteiger partial charge in [-0.15, -0.1) is 11.3 Å². The second kappa shape index (κ2) is 7.65. The van der Waals surface area contributed by atoms with Gasteiger partial charge in [0.15, 0.2) is 5.96 Å². The molecule has 0 fully saturated rings. The third kappa shape index (κ3) is 4.66. The summed E-state index contributed by atoms with van der Waals surface area (Å²) >= 11 is 1.74. The number of pyridine rings is 1. The van der Waals surface area contributed by atoms with Crippen molar-refractivity contribution in [3.8, 4) is 0 Å². The van der Waals surface area contributed by atoms with Crippen molar-refractivity contribution < 1.29 is 0 Å². The topological polar surface area (TPSA) is 49.3 Å². The van der Waals surface area contributed by atoms with E-state index in [9.17, 15) is 0 Å². The normalized spacial score (nSPS) is 11.4. The first-order valence-corrected chi connectivity index (χ1v) is 7.63. The highest BCUT2D eigenvalue weighted by atomic mass is 32.1. The van der Waals surface area contributed by atoms with Gasteiger partial charge in [0.2, 0.25) is 0 Å². The van der Waals surface area contributed by atoms with Crippen LogP contribution in [-0.4, -0.2) is 17.5 Å². The van der Waals surface area contributed by atoms with Crippen LogP contribution in [0.5, 0.6) is 0 Å². The van der Waals surface area contributed by atoms with Crippen molar-refractivity contribution in [1.82, 2.24) is 15.6 Å². The third-order valence-electron chi connectivity index (χ3n) is 2.70. The minimum atomic E-state index is 0.585. The molecule has 2 N–H and O–H groups in total. The smallest absolute Gasteiger partial charge is 0.191 e. The van der Waals surface area contributed by atoms with Gasteiger partial charge in [0.05, 0.1) is 18.8 Å². The molecule has 4 nitrogen and oxygen atoms in total. The summed E-state index contributed by atoms with van der Waals surface area (Å²) in [5, 5.41) is 8.66. The lowest BCUT2D eigenvalue weighted by molar-refractivity contribution is 0.818. The van der Waals surface area contributed by atoms with Crippen LogP contribution in [0.4, 0.5) is 0 Å². The Morgan fingerprint density at radius 1 is 1.25 bits per heavy atom. The first-order chi connectivity index (χ1) is 9.78. The zero-order chi connectivity index (χ0) is 14.2. The lowest BCUT2D eigenvalue weighted by Crippen LogP contribution is -2.36. The number of nitrogens with zero attached hydrogens (tertiary/aromatic N) is 2. The standard InChI is InChI=1S/C15H20N4S/c1-3-16-15(18-11-14-8-5-9-20-14)17-10-13-7-4-6-12(2)19-13/h4-9H,3,10-11H2,1-2H3,(H2,16,17,18). The van der Waals surface area contributed by atoms with E-state index in [1.807, 2.05) is 25.1 Å². The second-order valence-corrected chi connectivity index (χ2v) is 5.43. The van der Waals surface area contributed by atoms with Crippen LogP contribution in [0.2, 0.25) is 0 Å². The molecule has 0 saturated heterocycles. The molecule has 0 aliphatic carbocycles. The fraction of sp³-hybridized carbons (Fsp3) is 0.333. The summed E-state index contributed by atoms with van der Waals surface area (Å²) in [4.78, 5) is 10.3. The molecule has 2 rings (SSSR count). The van der Waals surface area contributed by atoms with Gasteiger partial charge in [-0.2, -0.15) is 0 Å². The van der Waals surface area contributed by atoms with Crippen molar-refractivity contribution in [2.75, 3.05) is 6.54 Å². The molecule has 0 unspecified atom stereocenters. The molecule has 2 aromatic rings. The molecule has 2 aromatic heterocycles. The Bertz CT molecular complexity index is 549.